The van der Waals surface area contributed by atoms with Crippen molar-refractivity contribution in [3.8, 4) is 0 Å². The van der Waals surface area contributed by atoms with Crippen molar-refractivity contribution < 1.29 is 29.3 Å². The molecule has 8 nitrogen and oxygen atoms in total. The van der Waals surface area contributed by atoms with E-state index in [1.807, 2.05) is 0 Å². The molecule has 0 saturated heterocycles. The molecular weight excluding hydrogens is 292 g/mol. The largest absolute Gasteiger partial charge is 0.469 e. The van der Waals surface area contributed by atoms with Gasteiger partial charge in [-0.2, -0.15) is 5.10 Å². The number of fused-ring (bicyclic) bond motifs is 1. The summed E-state index contributed by atoms with van der Waals surface area (Å²) in [6, 6.07) is 2.94. The fraction of sp³-hybridized carbons (Fsp3) is 0.357. The summed E-state index contributed by atoms with van der Waals surface area (Å²) >= 11 is 0. The Morgan fingerprint density at radius 1 is 1.27 bits per heavy atom. The van der Waals surface area contributed by atoms with Crippen molar-refractivity contribution in [3.05, 3.63) is 29.5 Å². The quantitative estimate of drug-likeness (QED) is 0.679. The first-order valence-corrected chi connectivity index (χ1v) is 6.46. The fourth-order valence-electron chi connectivity index (χ4n) is 2.11. The third kappa shape index (κ3) is 3.07. The minimum atomic E-state index is -1.37. The number of carbonyl (C=O) groups is 2. The van der Waals surface area contributed by atoms with Gasteiger partial charge in [0.15, 0.2) is 0 Å². The van der Waals surface area contributed by atoms with Crippen LogP contribution in [0.5, 0.6) is 0 Å². The van der Waals surface area contributed by atoms with Crippen LogP contribution in [0.15, 0.2) is 18.3 Å². The van der Waals surface area contributed by atoms with E-state index in [0.717, 1.165) is 0 Å². The Morgan fingerprint density at radius 3 is 2.64 bits per heavy atom. The number of hydrogen-bond donors (Lipinski definition) is 3. The number of aromatic amines is 1. The second-order valence-corrected chi connectivity index (χ2v) is 4.68. The Kier molecular flexibility index (Phi) is 4.74. The lowest BCUT2D eigenvalue weighted by Gasteiger charge is -2.18. The lowest BCUT2D eigenvalue weighted by molar-refractivity contribution is -0.144. The molecule has 1 aromatic carbocycles. The number of rotatable bonds is 5. The zero-order valence-electron chi connectivity index (χ0n) is 12.1. The third-order valence-electron chi connectivity index (χ3n) is 3.30. The molecule has 0 saturated carbocycles. The topological polar surface area (TPSA) is 122 Å². The molecule has 0 aliphatic rings. The van der Waals surface area contributed by atoms with Gasteiger partial charge in [-0.15, -0.1) is 0 Å². The molecule has 1 heterocycles. The number of carbonyl (C=O) groups excluding carboxylic acids is 2. The predicted octanol–water partition coefficient (Wildman–Crippen LogP) is 0.307. The van der Waals surface area contributed by atoms with E-state index in [0.29, 0.717) is 10.9 Å². The molecule has 2 aromatic rings. The first-order chi connectivity index (χ1) is 10.5. The first kappa shape index (κ1) is 15.9. The number of H-pyrrole nitrogens is 1. The van der Waals surface area contributed by atoms with Crippen LogP contribution >= 0.6 is 0 Å². The maximum absolute atomic E-state index is 11.8. The number of aliphatic hydroxyl groups is 2. The zero-order chi connectivity index (χ0) is 16.3. The van der Waals surface area contributed by atoms with Crippen LogP contribution < -0.4 is 0 Å². The van der Waals surface area contributed by atoms with Crippen molar-refractivity contribution in [3.63, 3.8) is 0 Å². The van der Waals surface area contributed by atoms with Crippen LogP contribution in [0, 0.1) is 0 Å². The predicted molar refractivity (Wildman–Crippen MR) is 75.0 cm³/mol. The van der Waals surface area contributed by atoms with Gasteiger partial charge in [0.1, 0.15) is 6.10 Å². The summed E-state index contributed by atoms with van der Waals surface area (Å²) in [6.45, 7) is 0. The van der Waals surface area contributed by atoms with Gasteiger partial charge in [-0.3, -0.25) is 9.89 Å². The monoisotopic (exact) mass is 308 g/mol. The van der Waals surface area contributed by atoms with Crippen LogP contribution in [0.1, 0.15) is 28.4 Å². The summed E-state index contributed by atoms with van der Waals surface area (Å²) in [5.41, 5.74) is 0.962. The standard InChI is InChI=1S/C14H16N2O6/c1-21-12(18)5-11(17)13(19)7-3-8(14(20)22-2)9-6-15-16-10(9)4-7/h3-4,6,11,13,17,19H,5H2,1-2H3,(H,15,16). The SMILES string of the molecule is COC(=O)CC(O)C(O)c1cc(C(=O)OC)c2cn[nH]c2c1. The highest BCUT2D eigenvalue weighted by Crippen LogP contribution is 2.26. The molecule has 22 heavy (non-hydrogen) atoms. The molecule has 0 spiro atoms. The molecule has 0 fully saturated rings. The minimum absolute atomic E-state index is 0.202. The van der Waals surface area contributed by atoms with E-state index < -0.39 is 24.1 Å². The lowest BCUT2D eigenvalue weighted by Crippen LogP contribution is -2.23. The Hall–Kier alpha value is -2.45. The van der Waals surface area contributed by atoms with Crippen LogP contribution in [0.25, 0.3) is 10.9 Å². The van der Waals surface area contributed by atoms with Crippen molar-refractivity contribution >= 4 is 22.8 Å². The molecule has 0 bridgehead atoms. The summed E-state index contributed by atoms with van der Waals surface area (Å²) < 4.78 is 9.14. The molecule has 0 aliphatic heterocycles. The number of hydrogen-bond acceptors (Lipinski definition) is 7. The number of aromatic nitrogens is 2. The molecule has 118 valence electrons. The number of ether oxygens (including phenoxy) is 2. The van der Waals surface area contributed by atoms with E-state index in [9.17, 15) is 19.8 Å². The van der Waals surface area contributed by atoms with E-state index in [4.69, 9.17) is 4.74 Å². The highest BCUT2D eigenvalue weighted by molar-refractivity contribution is 6.03. The Morgan fingerprint density at radius 2 is 2.00 bits per heavy atom. The molecule has 1 aromatic heterocycles. The average Bonchev–Trinajstić information content (AvgIpc) is 3.00. The number of aliphatic hydroxyl groups excluding tert-OH is 2. The zero-order valence-corrected chi connectivity index (χ0v) is 12.1. The van der Waals surface area contributed by atoms with Gasteiger partial charge in [0, 0.05) is 5.39 Å². The van der Waals surface area contributed by atoms with Crippen LogP contribution in [0.3, 0.4) is 0 Å². The van der Waals surface area contributed by atoms with Crippen molar-refractivity contribution in [2.75, 3.05) is 14.2 Å². The normalized spacial score (nSPS) is 13.6. The van der Waals surface area contributed by atoms with Gasteiger partial charge in [0.25, 0.3) is 0 Å². The molecule has 8 heteroatoms. The second kappa shape index (κ2) is 6.54. The summed E-state index contributed by atoms with van der Waals surface area (Å²) in [7, 11) is 2.43. The summed E-state index contributed by atoms with van der Waals surface area (Å²) in [5.74, 6) is -1.25. The van der Waals surface area contributed by atoms with Crippen molar-refractivity contribution in [1.82, 2.24) is 10.2 Å². The Labute approximate surface area is 125 Å². The van der Waals surface area contributed by atoms with E-state index in [2.05, 4.69) is 14.9 Å². The highest BCUT2D eigenvalue weighted by Gasteiger charge is 2.24. The van der Waals surface area contributed by atoms with Gasteiger partial charge in [-0.25, -0.2) is 4.79 Å². The number of esters is 2. The third-order valence-corrected chi connectivity index (χ3v) is 3.30. The van der Waals surface area contributed by atoms with Crippen molar-refractivity contribution in [2.45, 2.75) is 18.6 Å². The van der Waals surface area contributed by atoms with Crippen molar-refractivity contribution in [2.24, 2.45) is 0 Å². The molecule has 0 radical (unpaired) electrons. The molecular formula is C14H16N2O6. The molecule has 2 rings (SSSR count). The second-order valence-electron chi connectivity index (χ2n) is 4.68. The van der Waals surface area contributed by atoms with Gasteiger partial charge in [-0.1, -0.05) is 0 Å². The van der Waals surface area contributed by atoms with Crippen LogP contribution in [0.4, 0.5) is 0 Å². The number of methoxy groups -OCH3 is 2. The van der Waals surface area contributed by atoms with Crippen molar-refractivity contribution in [1.29, 1.82) is 0 Å². The van der Waals surface area contributed by atoms with E-state index in [1.165, 1.54) is 26.5 Å². The van der Waals surface area contributed by atoms with Gasteiger partial charge >= 0.3 is 11.9 Å². The molecule has 2 atom stereocenters. The van der Waals surface area contributed by atoms with Gasteiger partial charge < -0.3 is 19.7 Å². The highest BCUT2D eigenvalue weighted by atomic mass is 16.5. The number of nitrogens with zero attached hydrogens (tertiary/aromatic N) is 1. The molecule has 0 aliphatic carbocycles. The summed E-state index contributed by atoms with van der Waals surface area (Å²) in [4.78, 5) is 23.0. The van der Waals surface area contributed by atoms with Crippen LogP contribution in [-0.2, 0) is 14.3 Å². The molecule has 3 N–H and O–H groups in total. The Bertz CT molecular complexity index is 696. The van der Waals surface area contributed by atoms with Gasteiger partial charge in [-0.05, 0) is 17.7 Å². The molecule has 0 amide bonds. The van der Waals surface area contributed by atoms with E-state index in [-0.39, 0.29) is 17.5 Å². The first-order valence-electron chi connectivity index (χ1n) is 6.46. The maximum Gasteiger partial charge on any atom is 0.338 e. The van der Waals surface area contributed by atoms with Crippen LogP contribution in [-0.4, -0.2) is 52.7 Å². The fourth-order valence-corrected chi connectivity index (χ4v) is 2.11. The molecule has 2 unspecified atom stereocenters. The maximum atomic E-state index is 11.8. The number of nitrogens with one attached hydrogen (secondary N) is 1. The van der Waals surface area contributed by atoms with E-state index >= 15 is 0 Å². The van der Waals surface area contributed by atoms with Crippen LogP contribution in [0.2, 0.25) is 0 Å². The van der Waals surface area contributed by atoms with Gasteiger partial charge in [0.05, 0.1) is 44.0 Å². The summed E-state index contributed by atoms with van der Waals surface area (Å²) in [5, 5.41) is 27.1. The summed E-state index contributed by atoms with van der Waals surface area (Å²) in [6.07, 6.45) is -1.64. The lowest BCUT2D eigenvalue weighted by atomic mass is 9.98. The smallest absolute Gasteiger partial charge is 0.338 e. The minimum Gasteiger partial charge on any atom is -0.469 e. The van der Waals surface area contributed by atoms with Gasteiger partial charge in [0.2, 0.25) is 0 Å². The Balaban J connectivity index is 2.38. The average molecular weight is 308 g/mol. The number of benzene rings is 1. The van der Waals surface area contributed by atoms with E-state index in [1.54, 1.807) is 6.07 Å².